The molecule has 1 rings (SSSR count). The number of hydrogen-bond donors (Lipinski definition) is 1. The van der Waals surface area contributed by atoms with E-state index in [0.717, 1.165) is 24.1 Å². The van der Waals surface area contributed by atoms with Gasteiger partial charge in [-0.15, -0.1) is 0 Å². The molecule has 0 amide bonds. The van der Waals surface area contributed by atoms with Gasteiger partial charge < -0.3 is 10.1 Å². The Morgan fingerprint density at radius 3 is 2.00 bits per heavy atom. The second kappa shape index (κ2) is 8.37. The Labute approximate surface area is 101 Å². The molecule has 1 aliphatic carbocycles. The van der Waals surface area contributed by atoms with Crippen molar-refractivity contribution in [2.45, 2.75) is 53.4 Å². The molecule has 0 aromatic rings. The lowest BCUT2D eigenvalue weighted by Gasteiger charge is -2.26. The highest BCUT2D eigenvalue weighted by Crippen LogP contribution is 2.27. The highest BCUT2D eigenvalue weighted by atomic mass is 16.1. The third-order valence-electron chi connectivity index (χ3n) is 2.83. The van der Waals surface area contributed by atoms with Crippen LogP contribution in [0.5, 0.6) is 0 Å². The van der Waals surface area contributed by atoms with E-state index in [9.17, 15) is 4.79 Å². The zero-order chi connectivity index (χ0) is 12.6. The van der Waals surface area contributed by atoms with Gasteiger partial charge >= 0.3 is 0 Å². The summed E-state index contributed by atoms with van der Waals surface area (Å²) in [5, 5.41) is 3.34. The molecule has 0 unspecified atom stereocenters. The van der Waals surface area contributed by atoms with E-state index in [1.165, 1.54) is 39.5 Å². The van der Waals surface area contributed by atoms with Crippen LogP contribution in [-0.2, 0) is 4.79 Å². The Morgan fingerprint density at radius 1 is 1.19 bits per heavy atom. The number of Topliss-reactive ketones (excluding diaryl/α,β-unsaturated/α-hetero) is 1. The molecule has 0 saturated heterocycles. The molecule has 1 saturated carbocycles. The summed E-state index contributed by atoms with van der Waals surface area (Å²) >= 11 is 0. The average molecular weight is 225 g/mol. The first-order valence-corrected chi connectivity index (χ1v) is 6.28. The summed E-state index contributed by atoms with van der Waals surface area (Å²) in [5.41, 5.74) is 1.11. The summed E-state index contributed by atoms with van der Waals surface area (Å²) in [7, 11) is 0. The average Bonchev–Trinajstić information content (AvgIpc) is 2.16. The second-order valence-electron chi connectivity index (χ2n) is 5.20. The first-order valence-electron chi connectivity index (χ1n) is 6.28. The van der Waals surface area contributed by atoms with E-state index in [-0.39, 0.29) is 5.78 Å². The smallest absolute Gasteiger partial charge is 0.126 e. The van der Waals surface area contributed by atoms with Gasteiger partial charge in [-0.1, -0.05) is 26.3 Å². The van der Waals surface area contributed by atoms with Gasteiger partial charge in [-0.25, -0.2) is 0 Å². The van der Waals surface area contributed by atoms with Crippen LogP contribution < -0.4 is 5.32 Å². The maximum atomic E-state index is 9.44. The predicted molar refractivity (Wildman–Crippen MR) is 70.3 cm³/mol. The Balaban J connectivity index is 0.000000487. The summed E-state index contributed by atoms with van der Waals surface area (Å²) in [5.74, 6) is 2.03. The summed E-state index contributed by atoms with van der Waals surface area (Å²) in [4.78, 5) is 9.44. The van der Waals surface area contributed by atoms with Crippen LogP contribution in [0.4, 0.5) is 0 Å². The number of hydrogen-bond acceptors (Lipinski definition) is 2. The minimum atomic E-state index is 0.167. The number of nitrogens with one attached hydrogen (secondary N) is 1. The van der Waals surface area contributed by atoms with Gasteiger partial charge in [0.15, 0.2) is 0 Å². The molecule has 94 valence electrons. The fourth-order valence-electron chi connectivity index (χ4n) is 1.85. The molecular weight excluding hydrogens is 198 g/mol. The third-order valence-corrected chi connectivity index (χ3v) is 2.83. The van der Waals surface area contributed by atoms with Gasteiger partial charge in [-0.3, -0.25) is 0 Å². The van der Waals surface area contributed by atoms with E-state index in [1.54, 1.807) is 0 Å². The van der Waals surface area contributed by atoms with Crippen molar-refractivity contribution < 1.29 is 4.79 Å². The molecule has 0 aromatic carbocycles. The molecule has 2 nitrogen and oxygen atoms in total. The van der Waals surface area contributed by atoms with Gasteiger partial charge in [-0.2, -0.15) is 0 Å². The van der Waals surface area contributed by atoms with E-state index < -0.39 is 0 Å². The maximum absolute atomic E-state index is 9.44. The van der Waals surface area contributed by atoms with Crippen LogP contribution in [0.15, 0.2) is 12.3 Å². The lowest BCUT2D eigenvalue weighted by atomic mass is 9.83. The van der Waals surface area contributed by atoms with Gasteiger partial charge in [-0.05, 0) is 45.4 Å². The van der Waals surface area contributed by atoms with Crippen molar-refractivity contribution in [1.29, 1.82) is 0 Å². The number of carbonyl (C=O) groups excluding carboxylic acids is 1. The van der Waals surface area contributed by atoms with Gasteiger partial charge in [0.1, 0.15) is 5.78 Å². The minimum Gasteiger partial charge on any atom is -0.389 e. The molecule has 2 heteroatoms. The topological polar surface area (TPSA) is 29.1 Å². The molecule has 1 N–H and O–H groups in total. The third kappa shape index (κ3) is 9.75. The van der Waals surface area contributed by atoms with E-state index in [1.807, 2.05) is 6.92 Å². The van der Waals surface area contributed by atoms with Crippen LogP contribution in [0, 0.1) is 11.8 Å². The Hall–Kier alpha value is -0.790. The summed E-state index contributed by atoms with van der Waals surface area (Å²) in [6, 6.07) is 0. The lowest BCUT2D eigenvalue weighted by molar-refractivity contribution is -0.114. The SMILES string of the molecule is C=C(C)NCC1CCC(C)CC1.CC(C)=O. The van der Waals surface area contributed by atoms with Crippen LogP contribution in [0.1, 0.15) is 53.4 Å². The van der Waals surface area contributed by atoms with E-state index in [4.69, 9.17) is 0 Å². The Morgan fingerprint density at radius 2 is 1.62 bits per heavy atom. The van der Waals surface area contributed by atoms with Crippen LogP contribution in [0.3, 0.4) is 0 Å². The number of ketones is 1. The molecule has 0 radical (unpaired) electrons. The van der Waals surface area contributed by atoms with Crippen LogP contribution in [0.25, 0.3) is 0 Å². The molecule has 0 heterocycles. The molecule has 1 fully saturated rings. The highest BCUT2D eigenvalue weighted by molar-refractivity contribution is 5.72. The summed E-state index contributed by atoms with van der Waals surface area (Å²) in [6.45, 7) is 12.4. The molecule has 0 aromatic heterocycles. The lowest BCUT2D eigenvalue weighted by Crippen LogP contribution is -2.24. The van der Waals surface area contributed by atoms with Crippen molar-refractivity contribution in [3.8, 4) is 0 Å². The monoisotopic (exact) mass is 225 g/mol. The maximum Gasteiger partial charge on any atom is 0.126 e. The molecule has 0 bridgehead atoms. The number of allylic oxidation sites excluding steroid dienone is 1. The van der Waals surface area contributed by atoms with E-state index in [0.29, 0.717) is 0 Å². The Bertz CT molecular complexity index is 211. The largest absolute Gasteiger partial charge is 0.389 e. The van der Waals surface area contributed by atoms with Gasteiger partial charge in [0.2, 0.25) is 0 Å². The van der Waals surface area contributed by atoms with Crippen LogP contribution >= 0.6 is 0 Å². The molecule has 0 spiro atoms. The van der Waals surface area contributed by atoms with Crippen molar-refractivity contribution in [1.82, 2.24) is 5.32 Å². The Kier molecular flexibility index (Phi) is 7.96. The fraction of sp³-hybridized carbons (Fsp3) is 0.786. The quantitative estimate of drug-likeness (QED) is 0.796. The second-order valence-corrected chi connectivity index (χ2v) is 5.20. The van der Waals surface area contributed by atoms with Crippen LogP contribution in [0.2, 0.25) is 0 Å². The van der Waals surface area contributed by atoms with E-state index >= 15 is 0 Å². The first kappa shape index (κ1) is 15.2. The van der Waals surface area contributed by atoms with Crippen molar-refractivity contribution in [2.75, 3.05) is 6.54 Å². The van der Waals surface area contributed by atoms with Gasteiger partial charge in [0.05, 0.1) is 0 Å². The number of rotatable bonds is 3. The van der Waals surface area contributed by atoms with Gasteiger partial charge in [0, 0.05) is 12.2 Å². The first-order chi connectivity index (χ1) is 7.41. The van der Waals surface area contributed by atoms with Crippen LogP contribution in [-0.4, -0.2) is 12.3 Å². The van der Waals surface area contributed by atoms with Crippen molar-refractivity contribution in [2.24, 2.45) is 11.8 Å². The summed E-state index contributed by atoms with van der Waals surface area (Å²) < 4.78 is 0. The zero-order valence-corrected chi connectivity index (χ0v) is 11.3. The van der Waals surface area contributed by atoms with Crippen molar-refractivity contribution in [3.05, 3.63) is 12.3 Å². The molecule has 0 aliphatic heterocycles. The highest BCUT2D eigenvalue weighted by Gasteiger charge is 2.17. The summed E-state index contributed by atoms with van der Waals surface area (Å²) in [6.07, 6.45) is 5.65. The van der Waals surface area contributed by atoms with E-state index in [2.05, 4.69) is 18.8 Å². The molecule has 16 heavy (non-hydrogen) atoms. The zero-order valence-electron chi connectivity index (χ0n) is 11.3. The molecular formula is C14H27NO. The minimum absolute atomic E-state index is 0.167. The molecule has 0 atom stereocenters. The predicted octanol–water partition coefficient (Wildman–Crippen LogP) is 3.53. The normalized spacial score (nSPS) is 24.0. The van der Waals surface area contributed by atoms with Gasteiger partial charge in [0.25, 0.3) is 0 Å². The van der Waals surface area contributed by atoms with Crippen molar-refractivity contribution in [3.63, 3.8) is 0 Å². The molecule has 1 aliphatic rings. The standard InChI is InChI=1S/C11H21N.C3H6O/c1-9(2)12-8-11-6-4-10(3)5-7-11;1-3(2)4/h10-12H,1,4-8H2,2-3H3;1-2H3. The fourth-order valence-corrected chi connectivity index (χ4v) is 1.85. The number of carbonyl (C=O) groups is 1. The van der Waals surface area contributed by atoms with Crippen molar-refractivity contribution >= 4 is 5.78 Å².